The number of nitriles is 1. The molecule has 0 aliphatic rings. The lowest BCUT2D eigenvalue weighted by Gasteiger charge is -2.25. The molecule has 0 radical (unpaired) electrons. The van der Waals surface area contributed by atoms with Gasteiger partial charge in [0.05, 0.1) is 45.6 Å². The Bertz CT molecular complexity index is 3980. The molecule has 6 nitrogen and oxygen atoms in total. The largest absolute Gasteiger partial charge is 0.454 e. The molecule has 0 saturated carbocycles. The maximum absolute atomic E-state index is 11.8. The molecule has 6 heteroatoms. The molecule has 0 bridgehead atoms. The number of aromatic nitrogens is 3. The van der Waals surface area contributed by atoms with E-state index in [4.69, 9.17) is 4.42 Å². The summed E-state index contributed by atoms with van der Waals surface area (Å²) < 4.78 is 11.4. The van der Waals surface area contributed by atoms with Crippen LogP contribution in [0, 0.1) is 17.9 Å². The van der Waals surface area contributed by atoms with Crippen molar-refractivity contribution in [3.05, 3.63) is 193 Å². The Balaban J connectivity index is 1.34. The van der Waals surface area contributed by atoms with Crippen LogP contribution in [0.25, 0.3) is 126 Å². The third-order valence-electron chi connectivity index (χ3n) is 12.6. The van der Waals surface area contributed by atoms with Crippen LogP contribution in [-0.2, 0) is 0 Å². The summed E-state index contributed by atoms with van der Waals surface area (Å²) >= 11 is 0. The SMILES string of the molecule is [C-]#[N+]c1c(-c2ccccc2)c(C#N)c(-n2c3ccccc3c3ccc4c5ccccc5oc4c32)c(-c2ccccc2)c1-n1c2cccc3c4ccncc4c4cccc1c4c32. The highest BCUT2D eigenvalue weighted by molar-refractivity contribution is 6.34. The third-order valence-corrected chi connectivity index (χ3v) is 12.6. The van der Waals surface area contributed by atoms with Crippen LogP contribution in [0.2, 0.25) is 0 Å². The van der Waals surface area contributed by atoms with Gasteiger partial charge < -0.3 is 13.6 Å². The van der Waals surface area contributed by atoms with Crippen LogP contribution in [0.4, 0.5) is 5.69 Å². The minimum atomic E-state index is 0.396. The number of benzene rings is 9. The number of nitrogens with zero attached hydrogens (tertiary/aromatic N) is 5. The summed E-state index contributed by atoms with van der Waals surface area (Å²) in [4.78, 5) is 9.05. The maximum Gasteiger partial charge on any atom is 0.220 e. The number of para-hydroxylation sites is 2. The Morgan fingerprint density at radius 2 is 1.11 bits per heavy atom. The van der Waals surface area contributed by atoms with Crippen molar-refractivity contribution < 1.29 is 4.42 Å². The number of furan rings is 1. The van der Waals surface area contributed by atoms with Gasteiger partial charge in [0.15, 0.2) is 5.58 Å². The Morgan fingerprint density at radius 3 is 1.84 bits per heavy atom. The lowest BCUT2D eigenvalue weighted by molar-refractivity contribution is 0.671. The number of rotatable bonds is 4. The molecule has 4 heterocycles. The first-order valence-corrected chi connectivity index (χ1v) is 20.2. The van der Waals surface area contributed by atoms with E-state index in [9.17, 15) is 11.8 Å². The molecule has 0 fully saturated rings. The second-order valence-corrected chi connectivity index (χ2v) is 15.6. The van der Waals surface area contributed by atoms with Crippen molar-refractivity contribution >= 4 is 92.8 Å². The lowest BCUT2D eigenvalue weighted by atomic mass is 9.88. The van der Waals surface area contributed by atoms with Crippen molar-refractivity contribution in [3.8, 4) is 39.7 Å². The van der Waals surface area contributed by atoms with Crippen LogP contribution in [0.15, 0.2) is 181 Å². The second kappa shape index (κ2) is 12.4. The summed E-state index contributed by atoms with van der Waals surface area (Å²) in [6.45, 7) is 9.18. The fourth-order valence-corrected chi connectivity index (χ4v) is 10.2. The Labute approximate surface area is 348 Å². The van der Waals surface area contributed by atoms with Gasteiger partial charge in [0.25, 0.3) is 0 Å². The van der Waals surface area contributed by atoms with Gasteiger partial charge in [-0.2, -0.15) is 5.26 Å². The van der Waals surface area contributed by atoms with E-state index in [1.807, 2.05) is 85.2 Å². The molecule has 4 aromatic heterocycles. The van der Waals surface area contributed by atoms with Crippen molar-refractivity contribution in [2.45, 2.75) is 0 Å². The van der Waals surface area contributed by atoms with E-state index in [0.29, 0.717) is 28.2 Å². The van der Waals surface area contributed by atoms with Gasteiger partial charge in [0.2, 0.25) is 5.69 Å². The summed E-state index contributed by atoms with van der Waals surface area (Å²) in [5, 5.41) is 22.5. The molecule has 0 aliphatic heterocycles. The number of hydrogen-bond donors (Lipinski definition) is 0. The summed E-state index contributed by atoms with van der Waals surface area (Å²) in [6.07, 6.45) is 3.81. The number of pyridine rings is 1. The van der Waals surface area contributed by atoms with Crippen LogP contribution >= 0.6 is 0 Å². The van der Waals surface area contributed by atoms with Gasteiger partial charge >= 0.3 is 0 Å². The number of fused-ring (bicyclic) bond motifs is 10. The summed E-state index contributed by atoms with van der Waals surface area (Å²) in [5.41, 5.74) is 10.4. The molecule has 0 atom stereocenters. The zero-order chi connectivity index (χ0) is 40.3. The first kappa shape index (κ1) is 33.3. The minimum Gasteiger partial charge on any atom is -0.454 e. The maximum atomic E-state index is 11.8. The van der Waals surface area contributed by atoms with Crippen molar-refractivity contribution in [1.29, 1.82) is 5.26 Å². The summed E-state index contributed by atoms with van der Waals surface area (Å²) in [5.74, 6) is 0. The van der Waals surface area contributed by atoms with Crippen LogP contribution in [0.3, 0.4) is 0 Å². The van der Waals surface area contributed by atoms with E-state index in [0.717, 1.165) is 104 Å². The van der Waals surface area contributed by atoms with E-state index in [2.05, 4.69) is 116 Å². The first-order chi connectivity index (χ1) is 30.2. The molecular formula is C55H29N5O. The van der Waals surface area contributed by atoms with Crippen LogP contribution in [0.1, 0.15) is 5.56 Å². The monoisotopic (exact) mass is 775 g/mol. The summed E-state index contributed by atoms with van der Waals surface area (Å²) in [7, 11) is 0. The highest BCUT2D eigenvalue weighted by Gasteiger charge is 2.33. The van der Waals surface area contributed by atoms with Crippen molar-refractivity contribution in [2.75, 3.05) is 0 Å². The van der Waals surface area contributed by atoms with Crippen molar-refractivity contribution in [3.63, 3.8) is 0 Å². The lowest BCUT2D eigenvalue weighted by Crippen LogP contribution is -2.08. The predicted octanol–water partition coefficient (Wildman–Crippen LogP) is 14.7. The van der Waals surface area contributed by atoms with Crippen molar-refractivity contribution in [2.24, 2.45) is 0 Å². The molecule has 13 rings (SSSR count). The quantitative estimate of drug-likeness (QED) is 0.132. The molecule has 280 valence electrons. The molecule has 0 spiro atoms. The molecule has 9 aromatic carbocycles. The van der Waals surface area contributed by atoms with Crippen LogP contribution in [0.5, 0.6) is 0 Å². The average Bonchev–Trinajstić information content (AvgIpc) is 3.99. The van der Waals surface area contributed by atoms with E-state index < -0.39 is 0 Å². The van der Waals surface area contributed by atoms with E-state index >= 15 is 0 Å². The fraction of sp³-hybridized carbons (Fsp3) is 0. The molecule has 61 heavy (non-hydrogen) atoms. The number of hydrogen-bond acceptors (Lipinski definition) is 3. The Hall–Kier alpha value is -8.71. The summed E-state index contributed by atoms with van der Waals surface area (Å²) in [6, 6.07) is 58.7. The highest BCUT2D eigenvalue weighted by atomic mass is 16.3. The molecule has 0 N–H and O–H groups in total. The fourth-order valence-electron chi connectivity index (χ4n) is 10.2. The topological polar surface area (TPSA) is 64.0 Å². The molecule has 13 aromatic rings. The average molecular weight is 776 g/mol. The molecule has 0 amide bonds. The second-order valence-electron chi connectivity index (χ2n) is 15.6. The zero-order valence-corrected chi connectivity index (χ0v) is 32.4. The van der Waals surface area contributed by atoms with Gasteiger partial charge in [0.1, 0.15) is 11.7 Å². The molecule has 0 saturated heterocycles. The van der Waals surface area contributed by atoms with E-state index in [1.165, 1.54) is 0 Å². The van der Waals surface area contributed by atoms with Gasteiger partial charge in [-0.15, -0.1) is 0 Å². The minimum absolute atomic E-state index is 0.396. The Kier molecular flexibility index (Phi) is 6.76. The van der Waals surface area contributed by atoms with Crippen LogP contribution < -0.4 is 0 Å². The molecular weight excluding hydrogens is 747 g/mol. The Morgan fingerprint density at radius 1 is 0.508 bits per heavy atom. The predicted molar refractivity (Wildman–Crippen MR) is 248 cm³/mol. The smallest absolute Gasteiger partial charge is 0.220 e. The zero-order valence-electron chi connectivity index (χ0n) is 32.4. The van der Waals surface area contributed by atoms with Gasteiger partial charge in [-0.1, -0.05) is 127 Å². The highest BCUT2D eigenvalue weighted by Crippen LogP contribution is 2.54. The molecule has 0 aliphatic carbocycles. The first-order valence-electron chi connectivity index (χ1n) is 20.2. The van der Waals surface area contributed by atoms with Crippen molar-refractivity contribution in [1.82, 2.24) is 14.1 Å². The van der Waals surface area contributed by atoms with E-state index in [-0.39, 0.29) is 0 Å². The standard InChI is InChI=1S/C55H29N5O/c1-57-51-47(32-14-4-2-5-15-32)41(30-56)52(60-43-22-10-8-18-35(43)39-26-27-40-36-19-9-11-25-46(36)61-55(40)53(39)60)48(33-16-6-3-7-17-33)54(51)59-44-23-12-20-37-34-28-29-58-31-42(34)38-21-13-24-45(59)50(38)49(37)44/h2-29,31H. The van der Waals surface area contributed by atoms with E-state index in [1.54, 1.807) is 0 Å². The van der Waals surface area contributed by atoms with Gasteiger partial charge in [0, 0.05) is 61.2 Å². The normalized spacial score (nSPS) is 11.9. The third kappa shape index (κ3) is 4.35. The van der Waals surface area contributed by atoms with Gasteiger partial charge in [-0.3, -0.25) is 4.98 Å². The van der Waals surface area contributed by atoms with Gasteiger partial charge in [-0.05, 0) is 63.7 Å². The van der Waals surface area contributed by atoms with Crippen LogP contribution in [-0.4, -0.2) is 14.1 Å². The molecule has 0 unspecified atom stereocenters. The van der Waals surface area contributed by atoms with Gasteiger partial charge in [-0.25, -0.2) is 4.85 Å².